The van der Waals surface area contributed by atoms with Crippen molar-refractivity contribution in [2.45, 2.75) is 56.5 Å². The second-order valence-corrected chi connectivity index (χ2v) is 14.2. The SMILES string of the molecule is CCN(c1nc(OC[C@@]23CCCN2C[C@H](F)C3)nc2c(F)c(-c3ccc(F)c4sc(N)c(C#N)c34)c(C(F)(F)F)cc12)[C@H]1CC(=O)N(CCF)C1. The zero-order valence-electron chi connectivity index (χ0n) is 27.3. The van der Waals surface area contributed by atoms with E-state index < -0.39 is 64.4 Å². The number of hydrogen-bond acceptors (Lipinski definition) is 9. The Kier molecular flexibility index (Phi) is 8.89. The molecular weight excluding hydrogens is 703 g/mol. The molecule has 3 aliphatic rings. The number of likely N-dealkylation sites (N-methyl/N-ethyl adjacent to an activating group) is 1. The summed E-state index contributed by atoms with van der Waals surface area (Å²) in [6.07, 6.45) is -4.72. The zero-order valence-corrected chi connectivity index (χ0v) is 28.1. The molecule has 0 radical (unpaired) electrons. The number of hydrogen-bond donors (Lipinski definition) is 1. The highest BCUT2D eigenvalue weighted by Crippen LogP contribution is 2.48. The van der Waals surface area contributed by atoms with Gasteiger partial charge in [-0.05, 0) is 44.0 Å². The summed E-state index contributed by atoms with van der Waals surface area (Å²) in [5.41, 5.74) is 1.59. The van der Waals surface area contributed by atoms with E-state index in [1.165, 1.54) is 4.90 Å². The van der Waals surface area contributed by atoms with E-state index in [9.17, 15) is 23.2 Å². The largest absolute Gasteiger partial charge is 0.461 e. The Bertz CT molecular complexity index is 2090. The molecule has 0 bridgehead atoms. The molecule has 2 aromatic heterocycles. The minimum atomic E-state index is -5.17. The van der Waals surface area contributed by atoms with Crippen LogP contribution < -0.4 is 15.4 Å². The molecule has 51 heavy (non-hydrogen) atoms. The Morgan fingerprint density at radius 1 is 1.24 bits per heavy atom. The zero-order chi connectivity index (χ0) is 36.4. The van der Waals surface area contributed by atoms with Gasteiger partial charge < -0.3 is 20.3 Å². The van der Waals surface area contributed by atoms with Crippen LogP contribution in [0.1, 0.15) is 43.7 Å². The molecule has 1 amide bonds. The molecule has 7 rings (SSSR count). The number of benzene rings is 2. The van der Waals surface area contributed by atoms with Crippen molar-refractivity contribution in [3.63, 3.8) is 0 Å². The molecule has 2 N–H and O–H groups in total. The summed E-state index contributed by atoms with van der Waals surface area (Å²) < 4.78 is 111. The predicted molar refractivity (Wildman–Crippen MR) is 177 cm³/mol. The highest BCUT2D eigenvalue weighted by atomic mass is 32.1. The lowest BCUT2D eigenvalue weighted by Crippen LogP contribution is -2.43. The number of amides is 1. The molecule has 3 atom stereocenters. The molecule has 17 heteroatoms. The van der Waals surface area contributed by atoms with Gasteiger partial charge in [-0.1, -0.05) is 6.07 Å². The minimum absolute atomic E-state index is 0.0466. The van der Waals surface area contributed by atoms with Crippen molar-refractivity contribution in [3.8, 4) is 23.2 Å². The maximum atomic E-state index is 17.1. The molecule has 0 spiro atoms. The highest BCUT2D eigenvalue weighted by Gasteiger charge is 2.49. The first-order chi connectivity index (χ1) is 24.3. The van der Waals surface area contributed by atoms with Crippen LogP contribution in [0.3, 0.4) is 0 Å². The molecule has 3 aliphatic heterocycles. The molecular formula is C34H32F7N7O2S. The molecule has 9 nitrogen and oxygen atoms in total. The first-order valence-corrected chi connectivity index (χ1v) is 17.3. The summed E-state index contributed by atoms with van der Waals surface area (Å²) >= 11 is 0.656. The van der Waals surface area contributed by atoms with Crippen molar-refractivity contribution in [2.24, 2.45) is 0 Å². The van der Waals surface area contributed by atoms with Crippen LogP contribution in [0.5, 0.6) is 6.01 Å². The van der Waals surface area contributed by atoms with Crippen molar-refractivity contribution >= 4 is 49.1 Å². The van der Waals surface area contributed by atoms with Crippen molar-refractivity contribution < 1.29 is 40.3 Å². The van der Waals surface area contributed by atoms with E-state index in [1.807, 2.05) is 4.90 Å². The number of anilines is 2. The maximum Gasteiger partial charge on any atom is 0.417 e. The fourth-order valence-corrected chi connectivity index (χ4v) is 8.93. The normalized spacial score (nSPS) is 22.3. The number of aromatic nitrogens is 2. The third-order valence-electron chi connectivity index (χ3n) is 10.2. The highest BCUT2D eigenvalue weighted by molar-refractivity contribution is 7.23. The van der Waals surface area contributed by atoms with Crippen LogP contribution in [-0.2, 0) is 11.0 Å². The lowest BCUT2D eigenvalue weighted by atomic mass is 9.92. The lowest BCUT2D eigenvalue weighted by Gasteiger charge is -2.32. The first kappa shape index (κ1) is 35.0. The number of nitrogen functional groups attached to an aromatic ring is 1. The van der Waals surface area contributed by atoms with Gasteiger partial charge in [0, 0.05) is 55.4 Å². The van der Waals surface area contributed by atoms with E-state index in [-0.39, 0.29) is 89.4 Å². The minimum Gasteiger partial charge on any atom is -0.461 e. The van der Waals surface area contributed by atoms with Crippen LogP contribution in [-0.4, -0.2) is 89.4 Å². The van der Waals surface area contributed by atoms with Crippen LogP contribution in [0.4, 0.5) is 41.6 Å². The predicted octanol–water partition coefficient (Wildman–Crippen LogP) is 6.61. The standard InChI is InChI=1S/C34H32F7N7O2S/c1-2-48(18-10-24(49)46(15-18)9-7-35)31-20-11-22(34(39,40)41)26(19-4-5-23(37)29-25(19)21(13-42)30(43)51-29)27(38)28(20)44-32(45-31)50-16-33-6-3-8-47(33)14-17(36)12-33/h4-5,11,17-18H,2-3,6-10,12,14-16,43H2,1H3/t17-,18+,33+/m1/s1. The number of carbonyl (C=O) groups is 1. The summed E-state index contributed by atoms with van der Waals surface area (Å²) in [7, 11) is 0. The maximum absolute atomic E-state index is 17.1. The third kappa shape index (κ3) is 5.85. The van der Waals surface area contributed by atoms with Gasteiger partial charge in [0.2, 0.25) is 5.91 Å². The van der Waals surface area contributed by atoms with E-state index in [2.05, 4.69) is 9.97 Å². The fraction of sp³-hybridized carbons (Fsp3) is 0.471. The number of nitrogens with zero attached hydrogens (tertiary/aromatic N) is 6. The van der Waals surface area contributed by atoms with Gasteiger partial charge in [0.05, 0.1) is 27.4 Å². The van der Waals surface area contributed by atoms with E-state index in [4.69, 9.17) is 10.5 Å². The van der Waals surface area contributed by atoms with E-state index in [0.717, 1.165) is 18.6 Å². The van der Waals surface area contributed by atoms with Gasteiger partial charge in [-0.2, -0.15) is 28.4 Å². The van der Waals surface area contributed by atoms with Crippen LogP contribution in [0.15, 0.2) is 18.2 Å². The summed E-state index contributed by atoms with van der Waals surface area (Å²) in [6.45, 7) is 1.70. The number of fused-ring (bicyclic) bond motifs is 3. The number of carbonyl (C=O) groups excluding carboxylic acids is 1. The van der Waals surface area contributed by atoms with Crippen LogP contribution in [0.2, 0.25) is 0 Å². The van der Waals surface area contributed by atoms with Gasteiger partial charge >= 0.3 is 12.2 Å². The number of alkyl halides is 5. The monoisotopic (exact) mass is 735 g/mol. The summed E-state index contributed by atoms with van der Waals surface area (Å²) in [4.78, 5) is 26.3. The smallest absolute Gasteiger partial charge is 0.417 e. The lowest BCUT2D eigenvalue weighted by molar-refractivity contribution is -0.137. The second-order valence-electron chi connectivity index (χ2n) is 13.1. The molecule has 2 aromatic carbocycles. The Morgan fingerprint density at radius 2 is 2.02 bits per heavy atom. The summed E-state index contributed by atoms with van der Waals surface area (Å²) in [5, 5.41) is 9.06. The number of likely N-dealkylation sites (tertiary alicyclic amines) is 1. The molecule has 5 heterocycles. The van der Waals surface area contributed by atoms with Crippen LogP contribution >= 0.6 is 11.3 Å². The molecule has 270 valence electrons. The van der Waals surface area contributed by atoms with Crippen molar-refractivity contribution in [2.75, 3.05) is 56.6 Å². The van der Waals surface area contributed by atoms with Gasteiger partial charge in [0.25, 0.3) is 0 Å². The fourth-order valence-electron chi connectivity index (χ4n) is 7.98. The number of halogens is 7. The van der Waals surface area contributed by atoms with Crippen molar-refractivity contribution in [1.29, 1.82) is 5.26 Å². The third-order valence-corrected chi connectivity index (χ3v) is 11.3. The van der Waals surface area contributed by atoms with E-state index in [1.54, 1.807) is 17.9 Å². The van der Waals surface area contributed by atoms with Crippen LogP contribution in [0.25, 0.3) is 32.1 Å². The number of thiophene rings is 1. The van der Waals surface area contributed by atoms with Crippen molar-refractivity contribution in [1.82, 2.24) is 19.8 Å². The van der Waals surface area contributed by atoms with Gasteiger partial charge in [-0.25, -0.2) is 17.6 Å². The second kappa shape index (κ2) is 13.0. The molecule has 0 unspecified atom stereocenters. The van der Waals surface area contributed by atoms with Crippen molar-refractivity contribution in [3.05, 3.63) is 41.0 Å². The molecule has 0 saturated carbocycles. The summed E-state index contributed by atoms with van der Waals surface area (Å²) in [5.74, 6) is -2.79. The van der Waals surface area contributed by atoms with Gasteiger partial charge in [0.15, 0.2) is 5.82 Å². The Balaban J connectivity index is 1.46. The van der Waals surface area contributed by atoms with E-state index >= 15 is 17.6 Å². The topological polar surface area (TPSA) is 112 Å². The Labute approximate surface area is 291 Å². The quantitative estimate of drug-likeness (QED) is 0.191. The van der Waals surface area contributed by atoms with Gasteiger partial charge in [-0.15, -0.1) is 11.3 Å². The Hall–Kier alpha value is -4.43. The molecule has 3 fully saturated rings. The average Bonchev–Trinajstić information content (AvgIpc) is 3.81. The number of rotatable bonds is 9. The molecule has 0 aliphatic carbocycles. The number of ether oxygens (including phenoxy) is 1. The van der Waals surface area contributed by atoms with Gasteiger partial charge in [-0.3, -0.25) is 9.69 Å². The van der Waals surface area contributed by atoms with E-state index in [0.29, 0.717) is 30.4 Å². The molecule has 3 saturated heterocycles. The summed E-state index contributed by atoms with van der Waals surface area (Å²) in [6, 6.07) is 3.30. The van der Waals surface area contributed by atoms with Crippen LogP contribution in [0, 0.1) is 23.0 Å². The number of nitriles is 1. The van der Waals surface area contributed by atoms with Gasteiger partial charge in [0.1, 0.15) is 47.7 Å². The average molecular weight is 736 g/mol. The number of nitrogens with two attached hydrogens (primary N) is 1. The Morgan fingerprint density at radius 3 is 2.73 bits per heavy atom. The first-order valence-electron chi connectivity index (χ1n) is 16.4. The molecule has 4 aromatic rings.